The van der Waals surface area contributed by atoms with Gasteiger partial charge in [0, 0.05) is 5.71 Å². The maximum atomic E-state index is 8.57. The fourth-order valence-corrected chi connectivity index (χ4v) is 0.361. The van der Waals surface area contributed by atoms with Gasteiger partial charge in [-0.2, -0.15) is 0 Å². The lowest BCUT2D eigenvalue weighted by Crippen LogP contribution is -2.22. The Kier molecular flexibility index (Phi) is 4.26. The van der Waals surface area contributed by atoms with Crippen molar-refractivity contribution in [3.8, 4) is 0 Å². The number of nitrogens with two attached hydrogens (primary N) is 1. The van der Waals surface area contributed by atoms with Crippen molar-refractivity contribution in [2.45, 2.75) is 26.5 Å². The quantitative estimate of drug-likeness (QED) is 0.421. The maximum absolute atomic E-state index is 8.57. The first-order valence-electron chi connectivity index (χ1n) is 3.10. The number of hydrogen-bond donors (Lipinski definition) is 2. The van der Waals surface area contributed by atoms with Crippen LogP contribution in [0.5, 0.6) is 0 Å². The molecule has 0 aromatic heterocycles. The van der Waals surface area contributed by atoms with Crippen LogP contribution in [0.3, 0.4) is 0 Å². The lowest BCUT2D eigenvalue weighted by atomic mass is 10.3. The molecule has 0 amide bonds. The molecule has 0 spiro atoms. The number of aliphatic hydroxyl groups excluding tert-OH is 1. The van der Waals surface area contributed by atoms with E-state index in [1.165, 1.54) is 0 Å². The molecule has 1 atom stereocenters. The third kappa shape index (κ3) is 5.46. The van der Waals surface area contributed by atoms with E-state index >= 15 is 0 Å². The summed E-state index contributed by atoms with van der Waals surface area (Å²) in [5.41, 5.74) is 6.07. The van der Waals surface area contributed by atoms with Crippen molar-refractivity contribution in [1.29, 1.82) is 0 Å². The van der Waals surface area contributed by atoms with Crippen LogP contribution in [-0.4, -0.2) is 23.6 Å². The number of rotatable bonds is 3. The van der Waals surface area contributed by atoms with E-state index in [1.807, 2.05) is 13.8 Å². The van der Waals surface area contributed by atoms with E-state index in [9.17, 15) is 0 Å². The number of aliphatic hydroxyl groups is 1. The van der Waals surface area contributed by atoms with Crippen molar-refractivity contribution in [3.05, 3.63) is 0 Å². The van der Waals surface area contributed by atoms with E-state index in [2.05, 4.69) is 4.99 Å². The van der Waals surface area contributed by atoms with E-state index in [1.54, 1.807) is 0 Å². The van der Waals surface area contributed by atoms with Crippen molar-refractivity contribution in [2.24, 2.45) is 10.7 Å². The molecule has 3 nitrogen and oxygen atoms in total. The van der Waals surface area contributed by atoms with Gasteiger partial charge in [0.25, 0.3) is 0 Å². The molecular formula is C6H14N2O. The average molecular weight is 130 g/mol. The zero-order chi connectivity index (χ0) is 7.28. The van der Waals surface area contributed by atoms with Crippen LogP contribution in [0.2, 0.25) is 0 Å². The van der Waals surface area contributed by atoms with Gasteiger partial charge in [0.2, 0.25) is 0 Å². The van der Waals surface area contributed by atoms with E-state index in [4.69, 9.17) is 10.8 Å². The van der Waals surface area contributed by atoms with Gasteiger partial charge in [0.1, 0.15) is 6.23 Å². The highest BCUT2D eigenvalue weighted by atomic mass is 16.3. The van der Waals surface area contributed by atoms with E-state index in [0.29, 0.717) is 6.54 Å². The summed E-state index contributed by atoms with van der Waals surface area (Å²) in [4.78, 5) is 3.98. The third-order valence-corrected chi connectivity index (χ3v) is 1.06. The fraction of sp³-hybridized carbons (Fsp3) is 0.833. The molecule has 0 heterocycles. The third-order valence-electron chi connectivity index (χ3n) is 1.06. The second-order valence-electron chi connectivity index (χ2n) is 2.00. The fourth-order valence-electron chi connectivity index (χ4n) is 0.361. The largest absolute Gasteiger partial charge is 0.377 e. The minimum absolute atomic E-state index is 0.319. The van der Waals surface area contributed by atoms with Crippen molar-refractivity contribution < 1.29 is 5.11 Å². The van der Waals surface area contributed by atoms with Crippen LogP contribution in [-0.2, 0) is 0 Å². The molecule has 9 heavy (non-hydrogen) atoms. The van der Waals surface area contributed by atoms with Crippen LogP contribution < -0.4 is 5.73 Å². The molecular weight excluding hydrogens is 116 g/mol. The second kappa shape index (κ2) is 4.47. The van der Waals surface area contributed by atoms with Crippen LogP contribution in [0.4, 0.5) is 0 Å². The Bertz CT molecular complexity index is 99.2. The molecule has 0 radical (unpaired) electrons. The van der Waals surface area contributed by atoms with Crippen LogP contribution >= 0.6 is 0 Å². The SMILES string of the molecule is CC/C(C)=N\C[C@@H](N)O. The molecule has 0 rings (SSSR count). The standard InChI is InChI=1S/C6H14N2O/c1-3-5(2)8-4-6(7)9/h6,9H,3-4,7H2,1-2H3/b8-5-/t6-/m0/s1. The number of aliphatic imine (C=N–C) groups is 1. The van der Waals surface area contributed by atoms with Crippen molar-refractivity contribution in [2.75, 3.05) is 6.54 Å². The summed E-state index contributed by atoms with van der Waals surface area (Å²) in [6, 6.07) is 0. The van der Waals surface area contributed by atoms with Gasteiger partial charge in [-0.3, -0.25) is 4.99 Å². The number of hydrogen-bond acceptors (Lipinski definition) is 3. The Labute approximate surface area is 55.6 Å². The van der Waals surface area contributed by atoms with E-state index < -0.39 is 6.23 Å². The van der Waals surface area contributed by atoms with Gasteiger partial charge < -0.3 is 10.8 Å². The Morgan fingerprint density at radius 2 is 2.33 bits per heavy atom. The van der Waals surface area contributed by atoms with Crippen molar-refractivity contribution >= 4 is 5.71 Å². The molecule has 0 unspecified atom stereocenters. The molecule has 3 heteroatoms. The summed E-state index contributed by atoms with van der Waals surface area (Å²) in [7, 11) is 0. The first-order chi connectivity index (χ1) is 4.16. The molecule has 0 saturated heterocycles. The van der Waals surface area contributed by atoms with Gasteiger partial charge in [-0.05, 0) is 13.3 Å². The lowest BCUT2D eigenvalue weighted by molar-refractivity contribution is 0.191. The van der Waals surface area contributed by atoms with Gasteiger partial charge >= 0.3 is 0 Å². The Morgan fingerprint density at radius 3 is 2.67 bits per heavy atom. The molecule has 0 bridgehead atoms. The van der Waals surface area contributed by atoms with E-state index in [-0.39, 0.29) is 0 Å². The highest BCUT2D eigenvalue weighted by molar-refractivity contribution is 5.81. The molecule has 0 aliphatic rings. The molecule has 0 aromatic rings. The van der Waals surface area contributed by atoms with Gasteiger partial charge in [0.15, 0.2) is 0 Å². The van der Waals surface area contributed by atoms with Crippen molar-refractivity contribution in [1.82, 2.24) is 0 Å². The molecule has 0 fully saturated rings. The molecule has 54 valence electrons. The predicted molar refractivity (Wildman–Crippen MR) is 38.5 cm³/mol. The van der Waals surface area contributed by atoms with Gasteiger partial charge in [-0.25, -0.2) is 0 Å². The summed E-state index contributed by atoms with van der Waals surface area (Å²) in [6.45, 7) is 4.25. The van der Waals surface area contributed by atoms with Gasteiger partial charge in [0.05, 0.1) is 6.54 Å². The summed E-state index contributed by atoms with van der Waals surface area (Å²) in [6.07, 6.45) is 0.124. The first kappa shape index (κ1) is 8.59. The van der Waals surface area contributed by atoms with E-state index in [0.717, 1.165) is 12.1 Å². The van der Waals surface area contributed by atoms with Crippen LogP contribution in [0.15, 0.2) is 4.99 Å². The smallest absolute Gasteiger partial charge is 0.122 e. The minimum Gasteiger partial charge on any atom is -0.377 e. The van der Waals surface area contributed by atoms with Crippen molar-refractivity contribution in [3.63, 3.8) is 0 Å². The summed E-state index contributed by atoms with van der Waals surface area (Å²) in [5.74, 6) is 0. The summed E-state index contributed by atoms with van der Waals surface area (Å²) >= 11 is 0. The monoisotopic (exact) mass is 130 g/mol. The highest BCUT2D eigenvalue weighted by Crippen LogP contribution is 1.84. The molecule has 3 N–H and O–H groups in total. The molecule has 0 aliphatic carbocycles. The Balaban J connectivity index is 3.43. The predicted octanol–water partition coefficient (Wildman–Crippen LogP) is 0.134. The lowest BCUT2D eigenvalue weighted by Gasteiger charge is -1.98. The normalized spacial score (nSPS) is 15.8. The topological polar surface area (TPSA) is 58.6 Å². The van der Waals surface area contributed by atoms with Crippen LogP contribution in [0, 0.1) is 0 Å². The zero-order valence-corrected chi connectivity index (χ0v) is 5.96. The Hall–Kier alpha value is -0.410. The summed E-state index contributed by atoms with van der Waals surface area (Å²) in [5, 5.41) is 8.57. The zero-order valence-electron chi connectivity index (χ0n) is 5.96. The molecule has 0 aromatic carbocycles. The highest BCUT2D eigenvalue weighted by Gasteiger charge is 1.91. The average Bonchev–Trinajstić information content (AvgIpc) is 1.83. The Morgan fingerprint density at radius 1 is 1.78 bits per heavy atom. The van der Waals surface area contributed by atoms with Crippen LogP contribution in [0.25, 0.3) is 0 Å². The summed E-state index contributed by atoms with van der Waals surface area (Å²) < 4.78 is 0. The molecule has 0 saturated carbocycles. The minimum atomic E-state index is -0.800. The van der Waals surface area contributed by atoms with Crippen LogP contribution in [0.1, 0.15) is 20.3 Å². The van der Waals surface area contributed by atoms with Gasteiger partial charge in [-0.15, -0.1) is 0 Å². The number of nitrogens with zero attached hydrogens (tertiary/aromatic N) is 1. The second-order valence-corrected chi connectivity index (χ2v) is 2.00. The first-order valence-corrected chi connectivity index (χ1v) is 3.10. The molecule has 0 aliphatic heterocycles. The van der Waals surface area contributed by atoms with Gasteiger partial charge in [-0.1, -0.05) is 6.92 Å². The maximum Gasteiger partial charge on any atom is 0.122 e.